The van der Waals surface area contributed by atoms with E-state index in [4.69, 9.17) is 24.9 Å². The largest absolute Gasteiger partial charge is 0.228 e. The average Bonchev–Trinajstić information content (AvgIpc) is 3.35. The summed E-state index contributed by atoms with van der Waals surface area (Å²) in [6.45, 7) is 4.81. The van der Waals surface area contributed by atoms with E-state index in [0.29, 0.717) is 23.3 Å². The van der Waals surface area contributed by atoms with Crippen molar-refractivity contribution in [2.45, 2.75) is 13.1 Å². The summed E-state index contributed by atoms with van der Waals surface area (Å²) in [6, 6.07) is 47.6. The van der Waals surface area contributed by atoms with Crippen molar-refractivity contribution in [1.82, 2.24) is 24.9 Å². The van der Waals surface area contributed by atoms with Crippen molar-refractivity contribution in [3.8, 4) is 68.1 Å². The van der Waals surface area contributed by atoms with Crippen molar-refractivity contribution in [1.29, 1.82) is 0 Å². The SMILES string of the molecule is C[Si]1(C)c2ccccc2-c2nc(-c3cccc(-c4nc(-c5ccccc5)nc(-c5ccccc5)n4)c3)nc(-c3ccccc3)c21. The zero-order valence-electron chi connectivity index (χ0n) is 25.0. The van der Waals surface area contributed by atoms with Crippen LogP contribution in [0.5, 0.6) is 0 Å². The Bertz CT molecular complexity index is 2120. The topological polar surface area (TPSA) is 64.5 Å². The molecule has 6 heteroatoms. The Morgan fingerprint density at radius 3 is 1.38 bits per heavy atom. The second-order valence-electron chi connectivity index (χ2n) is 11.8. The van der Waals surface area contributed by atoms with E-state index < -0.39 is 8.07 Å². The van der Waals surface area contributed by atoms with Crippen molar-refractivity contribution in [2.75, 3.05) is 0 Å². The van der Waals surface area contributed by atoms with Crippen LogP contribution in [-0.4, -0.2) is 33.0 Å². The monoisotopic (exact) mass is 595 g/mol. The maximum atomic E-state index is 5.30. The molecule has 1 aliphatic rings. The molecule has 8 rings (SSSR count). The highest BCUT2D eigenvalue weighted by Crippen LogP contribution is 2.34. The molecule has 0 spiro atoms. The number of fused-ring (bicyclic) bond motifs is 3. The van der Waals surface area contributed by atoms with E-state index in [2.05, 4.69) is 79.8 Å². The molecule has 0 aliphatic carbocycles. The van der Waals surface area contributed by atoms with Gasteiger partial charge in [-0.15, -0.1) is 0 Å². The Morgan fingerprint density at radius 2 is 0.800 bits per heavy atom. The van der Waals surface area contributed by atoms with Gasteiger partial charge in [-0.1, -0.05) is 147 Å². The van der Waals surface area contributed by atoms with Gasteiger partial charge in [0, 0.05) is 27.8 Å². The summed E-state index contributed by atoms with van der Waals surface area (Å²) in [5.41, 5.74) is 8.08. The molecule has 7 aromatic rings. The lowest BCUT2D eigenvalue weighted by Gasteiger charge is -2.21. The zero-order valence-corrected chi connectivity index (χ0v) is 26.0. The van der Waals surface area contributed by atoms with Crippen LogP contribution in [0, 0.1) is 0 Å². The third-order valence-electron chi connectivity index (χ3n) is 8.52. The van der Waals surface area contributed by atoms with Gasteiger partial charge in [-0.05, 0) is 22.0 Å². The fraction of sp³-hybridized carbons (Fsp3) is 0.0513. The summed E-state index contributed by atoms with van der Waals surface area (Å²) in [7, 11) is -2.03. The van der Waals surface area contributed by atoms with Gasteiger partial charge in [0.25, 0.3) is 0 Å². The van der Waals surface area contributed by atoms with Gasteiger partial charge >= 0.3 is 0 Å². The minimum absolute atomic E-state index is 0.605. The summed E-state index contributed by atoms with van der Waals surface area (Å²) in [6.07, 6.45) is 0. The third kappa shape index (κ3) is 4.76. The highest BCUT2D eigenvalue weighted by molar-refractivity contribution is 7.04. The smallest absolute Gasteiger partial charge is 0.164 e. The molecule has 45 heavy (non-hydrogen) atoms. The summed E-state index contributed by atoms with van der Waals surface area (Å²) in [4.78, 5) is 25.3. The lowest BCUT2D eigenvalue weighted by atomic mass is 10.1. The summed E-state index contributed by atoms with van der Waals surface area (Å²) < 4.78 is 0. The molecule has 3 heterocycles. The Kier molecular flexibility index (Phi) is 6.50. The molecule has 0 unspecified atom stereocenters. The second kappa shape index (κ2) is 10.8. The van der Waals surface area contributed by atoms with Crippen molar-refractivity contribution in [3.05, 3.63) is 140 Å². The Morgan fingerprint density at radius 1 is 0.378 bits per heavy atom. The first-order valence-corrected chi connectivity index (χ1v) is 18.1. The molecule has 0 N–H and O–H groups in total. The fourth-order valence-corrected chi connectivity index (χ4v) is 9.52. The number of hydrogen-bond donors (Lipinski definition) is 0. The maximum Gasteiger partial charge on any atom is 0.164 e. The van der Waals surface area contributed by atoms with Gasteiger partial charge in [0.15, 0.2) is 23.3 Å². The standard InChI is InChI=1S/C39H29N5Si/c1-45(2)32-24-13-12-23-31(32)34-35(45)33(26-15-6-3-7-16-26)40-38(41-34)29-21-14-22-30(25-29)39-43-36(27-17-8-4-9-18-27)42-37(44-39)28-19-10-5-11-20-28/h3-25H,1-2H3. The second-order valence-corrected chi connectivity index (χ2v) is 16.1. The van der Waals surface area contributed by atoms with Crippen LogP contribution in [0.15, 0.2) is 140 Å². The van der Waals surface area contributed by atoms with Crippen molar-refractivity contribution in [3.63, 3.8) is 0 Å². The Balaban J connectivity index is 1.31. The van der Waals surface area contributed by atoms with E-state index in [-0.39, 0.29) is 0 Å². The number of aromatic nitrogens is 5. The van der Waals surface area contributed by atoms with Gasteiger partial charge in [-0.2, -0.15) is 0 Å². The number of nitrogens with zero attached hydrogens (tertiary/aromatic N) is 5. The van der Waals surface area contributed by atoms with Crippen LogP contribution in [0.4, 0.5) is 0 Å². The van der Waals surface area contributed by atoms with E-state index in [1.165, 1.54) is 15.9 Å². The highest BCUT2D eigenvalue weighted by Gasteiger charge is 2.41. The lowest BCUT2D eigenvalue weighted by molar-refractivity contribution is 1.07. The van der Waals surface area contributed by atoms with E-state index in [9.17, 15) is 0 Å². The predicted molar refractivity (Wildman–Crippen MR) is 185 cm³/mol. The molecular weight excluding hydrogens is 567 g/mol. The molecule has 214 valence electrons. The van der Waals surface area contributed by atoms with Gasteiger partial charge in [0.05, 0.1) is 11.4 Å². The fourth-order valence-electron chi connectivity index (χ4n) is 6.29. The summed E-state index contributed by atoms with van der Waals surface area (Å²) in [5.74, 6) is 2.56. The quantitative estimate of drug-likeness (QED) is 0.190. The molecule has 0 atom stereocenters. The summed E-state index contributed by atoms with van der Waals surface area (Å²) in [5, 5.41) is 2.71. The lowest BCUT2D eigenvalue weighted by Crippen LogP contribution is -2.50. The molecule has 1 aliphatic heterocycles. The highest BCUT2D eigenvalue weighted by atomic mass is 28.3. The Hall–Kier alpha value is -5.59. The van der Waals surface area contributed by atoms with Crippen LogP contribution >= 0.6 is 0 Å². The van der Waals surface area contributed by atoms with Crippen LogP contribution in [0.3, 0.4) is 0 Å². The molecule has 0 radical (unpaired) electrons. The third-order valence-corrected chi connectivity index (χ3v) is 12.0. The molecular formula is C39H29N5Si. The molecule has 0 bridgehead atoms. The number of hydrogen-bond acceptors (Lipinski definition) is 5. The van der Waals surface area contributed by atoms with E-state index >= 15 is 0 Å². The van der Waals surface area contributed by atoms with E-state index in [1.54, 1.807) is 0 Å². The first-order valence-electron chi connectivity index (χ1n) is 15.1. The molecule has 0 saturated heterocycles. The van der Waals surface area contributed by atoms with Crippen molar-refractivity contribution < 1.29 is 0 Å². The molecule has 5 aromatic carbocycles. The first kappa shape index (κ1) is 27.0. The van der Waals surface area contributed by atoms with Crippen LogP contribution in [-0.2, 0) is 0 Å². The summed E-state index contributed by atoms with van der Waals surface area (Å²) >= 11 is 0. The number of rotatable bonds is 5. The molecule has 5 nitrogen and oxygen atoms in total. The van der Waals surface area contributed by atoms with Gasteiger partial charge in [-0.25, -0.2) is 24.9 Å². The normalized spacial score (nSPS) is 12.8. The maximum absolute atomic E-state index is 5.30. The minimum Gasteiger partial charge on any atom is -0.228 e. The Labute approximate surface area is 263 Å². The van der Waals surface area contributed by atoms with Gasteiger partial charge in [0.1, 0.15) is 8.07 Å². The van der Waals surface area contributed by atoms with Crippen molar-refractivity contribution in [2.24, 2.45) is 0 Å². The van der Waals surface area contributed by atoms with Gasteiger partial charge < -0.3 is 0 Å². The van der Waals surface area contributed by atoms with E-state index in [1.807, 2.05) is 72.8 Å². The van der Waals surface area contributed by atoms with E-state index in [0.717, 1.165) is 39.2 Å². The molecule has 2 aromatic heterocycles. The first-order chi connectivity index (χ1) is 22.1. The average molecular weight is 596 g/mol. The van der Waals surface area contributed by atoms with Crippen LogP contribution in [0.1, 0.15) is 0 Å². The van der Waals surface area contributed by atoms with Crippen LogP contribution < -0.4 is 10.4 Å². The van der Waals surface area contributed by atoms with Gasteiger partial charge in [0.2, 0.25) is 0 Å². The predicted octanol–water partition coefficient (Wildman–Crippen LogP) is 7.80. The van der Waals surface area contributed by atoms with Crippen LogP contribution in [0.2, 0.25) is 13.1 Å². The van der Waals surface area contributed by atoms with Gasteiger partial charge in [-0.3, -0.25) is 0 Å². The molecule has 0 fully saturated rings. The van der Waals surface area contributed by atoms with Crippen molar-refractivity contribution >= 4 is 18.4 Å². The minimum atomic E-state index is -2.03. The molecule has 0 amide bonds. The number of benzene rings is 5. The zero-order chi connectivity index (χ0) is 30.4. The molecule has 0 saturated carbocycles. The van der Waals surface area contributed by atoms with Crippen LogP contribution in [0.25, 0.3) is 68.1 Å².